The highest BCUT2D eigenvalue weighted by Crippen LogP contribution is 2.39. The molecule has 142 valence electrons. The first-order valence-corrected chi connectivity index (χ1v) is 11.3. The molecule has 0 aromatic heterocycles. The summed E-state index contributed by atoms with van der Waals surface area (Å²) in [4.78, 5) is 14.6. The average molecular weight is 449 g/mol. The minimum atomic E-state index is -3.69. The topological polar surface area (TPSA) is 66.5 Å². The Morgan fingerprint density at radius 2 is 1.93 bits per heavy atom. The van der Waals surface area contributed by atoms with Crippen molar-refractivity contribution in [2.75, 3.05) is 9.62 Å². The molecule has 5 nitrogen and oxygen atoms in total. The zero-order valence-electron chi connectivity index (χ0n) is 15.2. The van der Waals surface area contributed by atoms with Gasteiger partial charge in [0.25, 0.3) is 10.0 Å². The molecule has 2 aliphatic rings. The number of hydrogen-bond acceptors (Lipinski definition) is 3. The molecule has 1 N–H and O–H groups in total. The SMILES string of the molecule is Cc1cc(NS(=O)(=O)c2ccc3c(c2)C[C@H](C)N3C(=O)C2CC2)ccc1Br. The maximum atomic E-state index is 12.8. The van der Waals surface area contributed by atoms with Crippen LogP contribution in [0.4, 0.5) is 11.4 Å². The van der Waals surface area contributed by atoms with Crippen molar-refractivity contribution in [2.24, 2.45) is 5.92 Å². The minimum Gasteiger partial charge on any atom is -0.309 e. The number of amides is 1. The van der Waals surface area contributed by atoms with Crippen molar-refractivity contribution in [3.05, 3.63) is 52.0 Å². The molecule has 2 aromatic carbocycles. The van der Waals surface area contributed by atoms with E-state index in [1.165, 1.54) is 0 Å². The zero-order chi connectivity index (χ0) is 19.3. The Morgan fingerprint density at radius 1 is 1.19 bits per heavy atom. The Balaban J connectivity index is 1.62. The third-order valence-electron chi connectivity index (χ3n) is 5.15. The fourth-order valence-corrected chi connectivity index (χ4v) is 4.91. The van der Waals surface area contributed by atoms with E-state index >= 15 is 0 Å². The number of carbonyl (C=O) groups is 1. The summed E-state index contributed by atoms with van der Waals surface area (Å²) in [5.74, 6) is 0.310. The predicted octanol–water partition coefficient (Wildman–Crippen LogP) is 4.25. The molecular formula is C20H21BrN2O3S. The molecular weight excluding hydrogens is 428 g/mol. The lowest BCUT2D eigenvalue weighted by atomic mass is 10.1. The highest BCUT2D eigenvalue weighted by Gasteiger charge is 2.39. The fourth-order valence-electron chi connectivity index (χ4n) is 3.56. The van der Waals surface area contributed by atoms with E-state index in [1.54, 1.807) is 30.3 Å². The number of anilines is 2. The van der Waals surface area contributed by atoms with Gasteiger partial charge in [-0.3, -0.25) is 9.52 Å². The maximum Gasteiger partial charge on any atom is 0.261 e. The average Bonchev–Trinajstić information content (AvgIpc) is 3.39. The molecule has 1 saturated carbocycles. The molecule has 0 unspecified atom stereocenters. The fraction of sp³-hybridized carbons (Fsp3) is 0.350. The van der Waals surface area contributed by atoms with Crippen molar-refractivity contribution < 1.29 is 13.2 Å². The molecule has 4 rings (SSSR count). The summed E-state index contributed by atoms with van der Waals surface area (Å²) in [7, 11) is -3.69. The first kappa shape index (κ1) is 18.5. The summed E-state index contributed by atoms with van der Waals surface area (Å²) in [6.45, 7) is 3.92. The number of hydrogen-bond donors (Lipinski definition) is 1. The van der Waals surface area contributed by atoms with Crippen molar-refractivity contribution in [3.63, 3.8) is 0 Å². The number of fused-ring (bicyclic) bond motifs is 1. The van der Waals surface area contributed by atoms with Gasteiger partial charge in [0, 0.05) is 27.8 Å². The van der Waals surface area contributed by atoms with E-state index in [1.807, 2.05) is 24.8 Å². The highest BCUT2D eigenvalue weighted by atomic mass is 79.9. The smallest absolute Gasteiger partial charge is 0.261 e. The first-order chi connectivity index (χ1) is 12.8. The summed E-state index contributed by atoms with van der Waals surface area (Å²) < 4.78 is 29.2. The van der Waals surface area contributed by atoms with Crippen LogP contribution in [0, 0.1) is 12.8 Å². The zero-order valence-corrected chi connectivity index (χ0v) is 17.6. The maximum absolute atomic E-state index is 12.8. The van der Waals surface area contributed by atoms with E-state index < -0.39 is 10.0 Å². The van der Waals surface area contributed by atoms with E-state index in [0.29, 0.717) is 12.1 Å². The molecule has 0 radical (unpaired) electrons. The molecule has 1 amide bonds. The van der Waals surface area contributed by atoms with Gasteiger partial charge in [-0.1, -0.05) is 15.9 Å². The molecule has 0 bridgehead atoms. The van der Waals surface area contributed by atoms with Gasteiger partial charge in [-0.2, -0.15) is 0 Å². The molecule has 1 heterocycles. The second kappa shape index (κ2) is 6.63. The van der Waals surface area contributed by atoms with Crippen LogP contribution in [0.15, 0.2) is 45.8 Å². The van der Waals surface area contributed by atoms with Crippen LogP contribution in [0.3, 0.4) is 0 Å². The number of aryl methyl sites for hydroxylation is 1. The number of rotatable bonds is 4. The van der Waals surface area contributed by atoms with Crippen LogP contribution in [0.25, 0.3) is 0 Å². The monoisotopic (exact) mass is 448 g/mol. The number of sulfonamides is 1. The Bertz CT molecular complexity index is 1030. The second-order valence-electron chi connectivity index (χ2n) is 7.40. The summed E-state index contributed by atoms with van der Waals surface area (Å²) >= 11 is 3.42. The third kappa shape index (κ3) is 3.50. The van der Waals surface area contributed by atoms with Gasteiger partial charge >= 0.3 is 0 Å². The van der Waals surface area contributed by atoms with Gasteiger partial charge in [0.15, 0.2) is 0 Å². The van der Waals surface area contributed by atoms with Crippen molar-refractivity contribution in [3.8, 4) is 0 Å². The third-order valence-corrected chi connectivity index (χ3v) is 7.42. The summed E-state index contributed by atoms with van der Waals surface area (Å²) in [5.41, 5.74) is 3.23. The molecule has 1 fully saturated rings. The number of nitrogens with zero attached hydrogens (tertiary/aromatic N) is 1. The van der Waals surface area contributed by atoms with Gasteiger partial charge in [-0.05, 0) is 80.6 Å². The van der Waals surface area contributed by atoms with Gasteiger partial charge in [-0.25, -0.2) is 8.42 Å². The predicted molar refractivity (Wildman–Crippen MR) is 110 cm³/mol. The second-order valence-corrected chi connectivity index (χ2v) is 9.93. The largest absolute Gasteiger partial charge is 0.309 e. The standard InChI is InChI=1S/C20H21BrN2O3S/c1-12-9-16(5-7-18(12)21)22-27(25,26)17-6-8-19-15(11-17)10-13(2)23(19)20(24)14-3-4-14/h5-9,11,13-14,22H,3-4,10H2,1-2H3/t13-/m0/s1. The van der Waals surface area contributed by atoms with E-state index in [9.17, 15) is 13.2 Å². The summed E-state index contributed by atoms with van der Waals surface area (Å²) in [5, 5.41) is 0. The lowest BCUT2D eigenvalue weighted by Gasteiger charge is -2.22. The molecule has 0 spiro atoms. The normalized spacial score (nSPS) is 19.1. The van der Waals surface area contributed by atoms with Crippen LogP contribution < -0.4 is 9.62 Å². The van der Waals surface area contributed by atoms with Crippen LogP contribution in [-0.2, 0) is 21.2 Å². The van der Waals surface area contributed by atoms with Crippen LogP contribution in [0.1, 0.15) is 30.9 Å². The van der Waals surface area contributed by atoms with Crippen molar-refractivity contribution in [1.29, 1.82) is 0 Å². The van der Waals surface area contributed by atoms with Crippen molar-refractivity contribution >= 4 is 43.2 Å². The van der Waals surface area contributed by atoms with Gasteiger partial charge in [0.1, 0.15) is 0 Å². The molecule has 1 aliphatic carbocycles. The van der Waals surface area contributed by atoms with Crippen molar-refractivity contribution in [1.82, 2.24) is 0 Å². The van der Waals surface area contributed by atoms with Crippen LogP contribution in [0.5, 0.6) is 0 Å². The minimum absolute atomic E-state index is 0.0631. The quantitative estimate of drug-likeness (QED) is 0.759. The number of halogens is 1. The Morgan fingerprint density at radius 3 is 2.59 bits per heavy atom. The highest BCUT2D eigenvalue weighted by molar-refractivity contribution is 9.10. The van der Waals surface area contributed by atoms with E-state index in [0.717, 1.165) is 34.1 Å². The van der Waals surface area contributed by atoms with Crippen molar-refractivity contribution in [2.45, 2.75) is 44.0 Å². The molecule has 2 aromatic rings. The van der Waals surface area contributed by atoms with E-state index in [2.05, 4.69) is 20.7 Å². The molecule has 27 heavy (non-hydrogen) atoms. The number of nitrogens with one attached hydrogen (secondary N) is 1. The Kier molecular flexibility index (Phi) is 4.55. The lowest BCUT2D eigenvalue weighted by Crippen LogP contribution is -2.36. The van der Waals surface area contributed by atoms with Gasteiger partial charge in [0.05, 0.1) is 4.90 Å². The van der Waals surface area contributed by atoms with E-state index in [-0.39, 0.29) is 22.8 Å². The summed E-state index contributed by atoms with van der Waals surface area (Å²) in [6.07, 6.45) is 2.59. The molecule has 1 atom stereocenters. The Labute approximate surface area is 167 Å². The Hall–Kier alpha value is -1.86. The van der Waals surface area contributed by atoms with Gasteiger partial charge in [-0.15, -0.1) is 0 Å². The van der Waals surface area contributed by atoms with Crippen LogP contribution in [-0.4, -0.2) is 20.4 Å². The molecule has 1 aliphatic heterocycles. The molecule has 0 saturated heterocycles. The van der Waals surface area contributed by atoms with E-state index in [4.69, 9.17) is 0 Å². The van der Waals surface area contributed by atoms with Crippen LogP contribution in [0.2, 0.25) is 0 Å². The van der Waals surface area contributed by atoms with Gasteiger partial charge < -0.3 is 4.90 Å². The first-order valence-electron chi connectivity index (χ1n) is 9.01. The van der Waals surface area contributed by atoms with Crippen LogP contribution >= 0.6 is 15.9 Å². The summed E-state index contributed by atoms with van der Waals surface area (Å²) in [6, 6.07) is 10.4. The number of carbonyl (C=O) groups excluding carboxylic acids is 1. The molecule has 7 heteroatoms. The lowest BCUT2D eigenvalue weighted by molar-refractivity contribution is -0.120. The number of benzene rings is 2. The van der Waals surface area contributed by atoms with Gasteiger partial charge in [0.2, 0.25) is 5.91 Å².